The summed E-state index contributed by atoms with van der Waals surface area (Å²) < 4.78 is 49.1. The third-order valence-electron chi connectivity index (χ3n) is 21.6. The number of allylic oxidation sites excluding steroid dienone is 2. The van der Waals surface area contributed by atoms with E-state index in [0.29, 0.717) is 44.1 Å². The molecule has 3 heterocycles. The number of carboxylic acids is 1. The number of carboxylic acid groups (broad SMARTS) is 1. The van der Waals surface area contributed by atoms with E-state index < -0.39 is 199 Å². The van der Waals surface area contributed by atoms with Crippen molar-refractivity contribution < 1.29 is 114 Å². The van der Waals surface area contributed by atoms with E-state index in [9.17, 15) is 75.7 Å². The monoisotopic (exact) mass is 1140 g/mol. The van der Waals surface area contributed by atoms with Crippen LogP contribution in [0.3, 0.4) is 0 Å². The average molecular weight is 1140 g/mol. The number of fused-ring (bicyclic) bond motifs is 7. The van der Waals surface area contributed by atoms with Gasteiger partial charge in [-0.1, -0.05) is 73.1 Å². The van der Waals surface area contributed by atoms with Crippen LogP contribution in [-0.2, 0) is 52.3 Å². The van der Waals surface area contributed by atoms with Gasteiger partial charge in [-0.25, -0.2) is 9.59 Å². The lowest BCUT2D eigenvalue weighted by Crippen LogP contribution is -2.74. The number of carbonyl (C=O) groups excluding carboxylic acids is 2. The Morgan fingerprint density at radius 3 is 1.86 bits per heavy atom. The van der Waals surface area contributed by atoms with Crippen LogP contribution < -0.4 is 0 Å². The summed E-state index contributed by atoms with van der Waals surface area (Å²) in [4.78, 5) is 40.4. The molecule has 4 saturated carbocycles. The van der Waals surface area contributed by atoms with Crippen LogP contribution in [0.4, 0.5) is 0 Å². The minimum atomic E-state index is -2.16. The summed E-state index contributed by atoms with van der Waals surface area (Å²) in [5.74, 6) is -3.88. The molecule has 12 N–H and O–H groups in total. The molecule has 0 radical (unpaired) electrons. The third kappa shape index (κ3) is 10.0. The van der Waals surface area contributed by atoms with Gasteiger partial charge in [-0.15, -0.1) is 0 Å². The highest BCUT2D eigenvalue weighted by atomic mass is 16.8. The number of esters is 2. The van der Waals surface area contributed by atoms with Gasteiger partial charge in [-0.05, 0) is 99.2 Å². The van der Waals surface area contributed by atoms with Gasteiger partial charge in [0.25, 0.3) is 0 Å². The molecule has 456 valence electrons. The minimum absolute atomic E-state index is 0.0708. The zero-order valence-corrected chi connectivity index (χ0v) is 47.7. The van der Waals surface area contributed by atoms with Crippen LogP contribution in [-0.4, -0.2) is 216 Å². The van der Waals surface area contributed by atoms with Crippen LogP contribution in [0.1, 0.15) is 121 Å². The maximum atomic E-state index is 13.9. The van der Waals surface area contributed by atoms with Crippen molar-refractivity contribution in [2.45, 2.75) is 231 Å². The fraction of sp³-hybridized carbons (Fsp3) is 0.877. The lowest BCUT2D eigenvalue weighted by molar-refractivity contribution is -0.384. The Kier molecular flexibility index (Phi) is 18.4. The molecule has 23 heteroatoms. The maximum absolute atomic E-state index is 13.9. The first-order valence-electron chi connectivity index (χ1n) is 28.6. The van der Waals surface area contributed by atoms with Crippen molar-refractivity contribution in [3.63, 3.8) is 0 Å². The van der Waals surface area contributed by atoms with E-state index >= 15 is 0 Å². The summed E-state index contributed by atoms with van der Waals surface area (Å²) in [6.45, 7) is 16.7. The largest absolute Gasteiger partial charge is 0.479 e. The molecule has 0 amide bonds. The molecule has 3 aliphatic heterocycles. The van der Waals surface area contributed by atoms with E-state index in [-0.39, 0.29) is 24.7 Å². The standard InChI is InChI=1S/C57H90O23/c1-11-25(3)47(71)79-44-45(80-48(72)26(4)12-2)57(24-61)28(19-52(44,5)6)27-13-14-32-53(7)17-16-34(54(8,23-60)31(53)15-18-55(32,9)56(27,10)20-33(57)62)75-51-43(78-50-39(67)37(65)35(63)29(21-58)73-50)41(40(68)42(77-51)46(69)70)76-49-38(66)36(64)30(22-59)74-49/h11,15,26-30,32-45,49-51,58-68H,12-14,16-24H2,1-10H3,(H,69,70)/b25-11-/t26?,27-,28+,29-,30+,32-,33-,34?,35-,36+,37+,38-,39-,40-,41+,42+,43-,44+,45+,49-,50+,51-,53+,54-,55-,56-,57+/m1/s1. The van der Waals surface area contributed by atoms with Crippen LogP contribution in [0.5, 0.6) is 0 Å². The van der Waals surface area contributed by atoms with E-state index in [1.165, 1.54) is 0 Å². The number of hydrogen-bond acceptors (Lipinski definition) is 22. The number of carbonyl (C=O) groups is 3. The van der Waals surface area contributed by atoms with Crippen molar-refractivity contribution >= 4 is 17.9 Å². The van der Waals surface area contributed by atoms with E-state index in [2.05, 4.69) is 26.8 Å². The van der Waals surface area contributed by atoms with Crippen LogP contribution in [0.15, 0.2) is 23.3 Å². The molecule has 23 nitrogen and oxygen atoms in total. The second kappa shape index (κ2) is 23.2. The fourth-order valence-corrected chi connectivity index (χ4v) is 16.3. The lowest BCUT2D eigenvalue weighted by Gasteiger charge is -2.73. The van der Waals surface area contributed by atoms with Gasteiger partial charge < -0.3 is 99.2 Å². The highest BCUT2D eigenvalue weighted by Gasteiger charge is 2.75. The van der Waals surface area contributed by atoms with Crippen molar-refractivity contribution in [1.29, 1.82) is 0 Å². The van der Waals surface area contributed by atoms with Crippen LogP contribution in [0.25, 0.3) is 0 Å². The predicted octanol–water partition coefficient (Wildman–Crippen LogP) is 0.344. The molecule has 0 bridgehead atoms. The minimum Gasteiger partial charge on any atom is -0.479 e. The first kappa shape index (κ1) is 63.2. The Morgan fingerprint density at radius 1 is 0.700 bits per heavy atom. The van der Waals surface area contributed by atoms with Crippen molar-refractivity contribution in [3.05, 3.63) is 23.3 Å². The summed E-state index contributed by atoms with van der Waals surface area (Å²) in [6.07, 6.45) is -22.9. The Morgan fingerprint density at radius 2 is 1.30 bits per heavy atom. The molecule has 3 saturated heterocycles. The molecule has 0 aromatic rings. The highest BCUT2D eigenvalue weighted by molar-refractivity contribution is 5.87. The lowest BCUT2D eigenvalue weighted by atomic mass is 9.32. The van der Waals surface area contributed by atoms with Gasteiger partial charge in [0.2, 0.25) is 0 Å². The smallest absolute Gasteiger partial charge is 0.335 e. The van der Waals surface area contributed by atoms with Crippen molar-refractivity contribution in [2.24, 2.45) is 56.2 Å². The summed E-state index contributed by atoms with van der Waals surface area (Å²) >= 11 is 0. The first-order valence-corrected chi connectivity index (χ1v) is 28.6. The Bertz CT molecular complexity index is 2310. The maximum Gasteiger partial charge on any atom is 0.335 e. The van der Waals surface area contributed by atoms with Crippen LogP contribution in [0.2, 0.25) is 0 Å². The van der Waals surface area contributed by atoms with Crippen LogP contribution in [0, 0.1) is 56.2 Å². The molecule has 5 aliphatic carbocycles. The number of hydrogen-bond donors (Lipinski definition) is 12. The van der Waals surface area contributed by atoms with Crippen molar-refractivity contribution in [3.8, 4) is 0 Å². The zero-order valence-electron chi connectivity index (χ0n) is 47.7. The topological polar surface area (TPSA) is 368 Å². The van der Waals surface area contributed by atoms with Gasteiger partial charge in [0, 0.05) is 16.4 Å². The molecule has 8 rings (SSSR count). The Balaban J connectivity index is 1.14. The SMILES string of the molecule is C/C=C(/C)C(=O)O[C@H]1[C@H](OC(=O)C(C)CC)[C@]2(CO)[C@H](O)C[C@]3(C)[C@H](CC[C@@H]4[C@@]5(C)CCC(O[C@@H]6O[C@H](C(=O)O)[C@H](O)[C@H](O[C@H]7O[C@@H](CO)[C@H](O)[C@H]7O)[C@H]6O[C@@H]6O[C@H](CO)[C@@H](O)[C@H](O)[C@H]6O)[C@](C)(CO)C5=CC[C@]43C)[C@@H]2CC1(C)C. The van der Waals surface area contributed by atoms with Crippen molar-refractivity contribution in [1.82, 2.24) is 0 Å². The molecular formula is C57H90O23. The molecule has 8 aliphatic rings. The van der Waals surface area contributed by atoms with E-state index in [1.54, 1.807) is 26.8 Å². The summed E-state index contributed by atoms with van der Waals surface area (Å²) in [7, 11) is 0. The number of aliphatic hydroxyl groups is 11. The van der Waals surface area contributed by atoms with E-state index in [1.807, 2.05) is 27.7 Å². The quantitative estimate of drug-likeness (QED) is 0.0563. The molecule has 2 unspecified atom stereocenters. The van der Waals surface area contributed by atoms with Gasteiger partial charge in [0.05, 0.1) is 50.0 Å². The second-order valence-corrected chi connectivity index (χ2v) is 26.2. The molecule has 0 aromatic carbocycles. The summed E-state index contributed by atoms with van der Waals surface area (Å²) in [5.41, 5.74) is -3.98. The molecule has 7 fully saturated rings. The molecule has 80 heavy (non-hydrogen) atoms. The zero-order chi connectivity index (χ0) is 59.1. The van der Waals surface area contributed by atoms with E-state index in [4.69, 9.17) is 37.9 Å². The van der Waals surface area contributed by atoms with E-state index in [0.717, 1.165) is 5.57 Å². The molecule has 27 atom stereocenters. The number of aliphatic hydroxyl groups excluding tert-OH is 11. The third-order valence-corrected chi connectivity index (χ3v) is 21.6. The van der Waals surface area contributed by atoms with Gasteiger partial charge in [-0.2, -0.15) is 0 Å². The van der Waals surface area contributed by atoms with Gasteiger partial charge in [-0.3, -0.25) is 4.79 Å². The number of ether oxygens (including phenoxy) is 8. The van der Waals surface area contributed by atoms with Gasteiger partial charge >= 0.3 is 17.9 Å². The summed E-state index contributed by atoms with van der Waals surface area (Å²) in [5, 5.41) is 133. The van der Waals surface area contributed by atoms with Crippen LogP contribution >= 0.6 is 0 Å². The summed E-state index contributed by atoms with van der Waals surface area (Å²) in [6, 6.07) is 0. The Hall–Kier alpha value is -2.79. The molecule has 0 spiro atoms. The Labute approximate surface area is 467 Å². The fourth-order valence-electron chi connectivity index (χ4n) is 16.3. The molecule has 0 aromatic heterocycles. The average Bonchev–Trinajstić information content (AvgIpc) is 3.83. The van der Waals surface area contributed by atoms with Crippen molar-refractivity contribution in [2.75, 3.05) is 26.4 Å². The number of rotatable bonds is 16. The highest BCUT2D eigenvalue weighted by Crippen LogP contribution is 2.76. The predicted molar refractivity (Wildman–Crippen MR) is 277 cm³/mol. The first-order chi connectivity index (χ1) is 37.5. The van der Waals surface area contributed by atoms with Gasteiger partial charge in [0.15, 0.2) is 25.0 Å². The molecular weight excluding hydrogens is 1050 g/mol. The number of aliphatic carboxylic acids is 1. The van der Waals surface area contributed by atoms with Gasteiger partial charge in [0.1, 0.15) is 73.2 Å². The normalized spacial score (nSPS) is 49.5. The second-order valence-electron chi connectivity index (χ2n) is 26.2.